The number of fused-ring (bicyclic) bond motifs is 16. The average molecular weight is 1370 g/mol. The van der Waals surface area contributed by atoms with E-state index in [1.165, 1.54) is 40.3 Å². The van der Waals surface area contributed by atoms with Gasteiger partial charge in [0.1, 0.15) is 0 Å². The number of cyclic esters (lactones) is 2. The second-order valence-electron chi connectivity index (χ2n) is 20.1. The van der Waals surface area contributed by atoms with Gasteiger partial charge in [0.05, 0.1) is 41.7 Å². The van der Waals surface area contributed by atoms with E-state index >= 15 is 0 Å². The summed E-state index contributed by atoms with van der Waals surface area (Å²) in [4.78, 5) is 79.6. The number of ether oxygens (including phenoxy) is 1. The van der Waals surface area contributed by atoms with Gasteiger partial charge in [-0.3, -0.25) is 24.0 Å². The number of pyridine rings is 3. The van der Waals surface area contributed by atoms with E-state index < -0.39 is 17.9 Å². The number of halogens is 1. The number of nitrogens with zero attached hydrogens (tertiary/aromatic N) is 2. The highest BCUT2D eigenvalue weighted by molar-refractivity contribution is 9.08. The molecule has 16 heteroatoms. The molecule has 0 amide bonds. The van der Waals surface area contributed by atoms with Crippen molar-refractivity contribution < 1.29 is 24.2 Å². The highest BCUT2D eigenvalue weighted by Crippen LogP contribution is 2.40. The lowest BCUT2D eigenvalue weighted by Gasteiger charge is -2.12. The first kappa shape index (κ1) is 82.5. The number of carbonyl (C=O) groups is 3. The Balaban J connectivity index is 0.000000390. The number of alkyl halides is 1. The molecule has 11 aromatic rings. The van der Waals surface area contributed by atoms with Crippen LogP contribution in [0.4, 0.5) is 5.69 Å². The summed E-state index contributed by atoms with van der Waals surface area (Å²) in [5, 5.41) is 21.1. The molecule has 3 aliphatic carbocycles. The third kappa shape index (κ3) is 21.7. The minimum absolute atomic E-state index is 0. The number of aromatic nitrogens is 3. The highest BCUT2D eigenvalue weighted by atomic mass is 79.9. The van der Waals surface area contributed by atoms with Gasteiger partial charge >= 0.3 is 11.9 Å². The van der Waals surface area contributed by atoms with E-state index in [2.05, 4.69) is 76.9 Å². The zero-order chi connectivity index (χ0) is 70.0. The Bertz CT molecular complexity index is 4290. The van der Waals surface area contributed by atoms with Crippen molar-refractivity contribution in [2.75, 3.05) is 13.1 Å². The molecule has 0 spiro atoms. The number of para-hydroxylation sites is 1. The van der Waals surface area contributed by atoms with Crippen LogP contribution in [0.25, 0.3) is 70.9 Å². The lowest BCUT2D eigenvalue weighted by atomic mass is 10.0. The summed E-state index contributed by atoms with van der Waals surface area (Å²) in [6, 6.07) is 64.6. The van der Waals surface area contributed by atoms with Gasteiger partial charge in [-0.1, -0.05) is 256 Å². The van der Waals surface area contributed by atoms with Gasteiger partial charge in [0, 0.05) is 71.3 Å². The van der Waals surface area contributed by atoms with Crippen LogP contribution in [0.15, 0.2) is 209 Å². The number of hydrogen-bond acceptors (Lipinski definition) is 10. The Morgan fingerprint density at radius 3 is 1.03 bits per heavy atom. The average Bonchev–Trinajstić information content (AvgIpc) is 1.65. The van der Waals surface area contributed by atoms with Crippen LogP contribution in [0.5, 0.6) is 0 Å². The van der Waals surface area contributed by atoms with Crippen molar-refractivity contribution in [3.63, 3.8) is 0 Å². The number of rotatable bonds is 1. The molecule has 4 heterocycles. The van der Waals surface area contributed by atoms with Crippen LogP contribution >= 0.6 is 15.9 Å². The van der Waals surface area contributed by atoms with E-state index in [1.807, 2.05) is 189 Å². The van der Waals surface area contributed by atoms with Crippen molar-refractivity contribution in [1.29, 1.82) is 5.26 Å². The summed E-state index contributed by atoms with van der Waals surface area (Å²) < 4.78 is 4.43. The van der Waals surface area contributed by atoms with E-state index in [4.69, 9.17) is 33.2 Å². The van der Waals surface area contributed by atoms with Crippen LogP contribution in [-0.2, 0) is 45.3 Å². The van der Waals surface area contributed by atoms with Crippen LogP contribution in [-0.4, -0.2) is 51.1 Å². The molecule has 0 unspecified atom stereocenters. The van der Waals surface area contributed by atoms with E-state index in [9.17, 15) is 24.0 Å². The molecule has 15 nitrogen and oxygen atoms in total. The van der Waals surface area contributed by atoms with Crippen molar-refractivity contribution in [2.45, 2.75) is 115 Å². The van der Waals surface area contributed by atoms with Crippen molar-refractivity contribution in [3.05, 3.63) is 287 Å². The summed E-state index contributed by atoms with van der Waals surface area (Å²) in [5.41, 5.74) is 26.8. The number of carboxylic acid groups (broad SMARTS) is 1. The van der Waals surface area contributed by atoms with Crippen molar-refractivity contribution in [1.82, 2.24) is 15.0 Å². The third-order valence-corrected chi connectivity index (χ3v) is 14.7. The lowest BCUT2D eigenvalue weighted by Crippen LogP contribution is -2.22. The van der Waals surface area contributed by atoms with Crippen molar-refractivity contribution in [2.24, 2.45) is 11.5 Å². The van der Waals surface area contributed by atoms with E-state index in [-0.39, 0.29) is 38.0 Å². The lowest BCUT2D eigenvalue weighted by molar-refractivity contribution is -0.138. The maximum atomic E-state index is 12.1. The van der Waals surface area contributed by atoms with Crippen LogP contribution in [0, 0.1) is 17.9 Å². The topological polar surface area (TPSA) is 259 Å². The second kappa shape index (κ2) is 43.4. The Morgan fingerprint density at radius 1 is 0.495 bits per heavy atom. The molecule has 1 aliphatic heterocycles. The largest absolute Gasteiger partial charge is 0.481 e. The number of aliphatic carboxylic acids is 1. The van der Waals surface area contributed by atoms with Crippen LogP contribution in [0.2, 0.25) is 0 Å². The summed E-state index contributed by atoms with van der Waals surface area (Å²) in [7, 11) is 0. The van der Waals surface area contributed by atoms with E-state index in [0.29, 0.717) is 5.56 Å². The standard InChI is InChI=1S/3C16H11NO.C9H6O3.C8H6BrN.2C2H7N.C2H3N.C2H4O2.3C2H6.2CH4/c3*18-16-13-8-4-3-7-12(13)14-9-10-5-1-2-6-11(10)15(14)17-16;10-8-5-6-3-1-2-4-7(6)9(11)12-8;1-10-8-5-3-2-4-7(8)6-9;3*1-2-3;1-2(3)4;3*1-2;;/h3*1-8H,9H2,(H,17,18);1-4H,5H2;2-5H,6H2;2*2-3H2,1H3;1H3;1H3,(H,3,4);3*1-2H3;2*1H4. The maximum absolute atomic E-state index is 12.1. The fraction of sp³-hybridized carbons (Fsp3) is 0.235. The van der Waals surface area contributed by atoms with E-state index in [1.54, 1.807) is 30.3 Å². The highest BCUT2D eigenvalue weighted by Gasteiger charge is 2.26. The molecule has 8 N–H and O–H groups in total. The number of nitrogens with two attached hydrogens (primary N) is 2. The molecule has 97 heavy (non-hydrogen) atoms. The minimum atomic E-state index is -0.833. The predicted molar refractivity (Wildman–Crippen MR) is 406 cm³/mol. The van der Waals surface area contributed by atoms with Crippen molar-refractivity contribution in [3.8, 4) is 39.8 Å². The monoisotopic (exact) mass is 1370 g/mol. The molecule has 3 aromatic heterocycles. The number of nitriles is 1. The fourth-order valence-electron chi connectivity index (χ4n) is 10.5. The summed E-state index contributed by atoms with van der Waals surface area (Å²) in [6.45, 7) is 26.6. The number of benzene rings is 8. The Kier molecular flexibility index (Phi) is 36.9. The number of esters is 2. The first-order valence-electron chi connectivity index (χ1n) is 31.6. The van der Waals surface area contributed by atoms with Crippen LogP contribution in [0.3, 0.4) is 0 Å². The Morgan fingerprint density at radius 2 is 0.742 bits per heavy atom. The van der Waals surface area contributed by atoms with Gasteiger partial charge in [0.2, 0.25) is 0 Å². The minimum Gasteiger partial charge on any atom is -0.481 e. The normalized spacial score (nSPS) is 10.6. The molecular weight excluding hydrogens is 1280 g/mol. The molecule has 506 valence electrons. The fourth-order valence-corrected chi connectivity index (χ4v) is 11.0. The van der Waals surface area contributed by atoms with E-state index in [0.717, 1.165) is 128 Å². The Labute approximate surface area is 579 Å². The van der Waals surface area contributed by atoms with Gasteiger partial charge in [0.15, 0.2) is 5.69 Å². The zero-order valence-electron chi connectivity index (χ0n) is 55.7. The molecule has 4 aliphatic rings. The van der Waals surface area contributed by atoms with Gasteiger partial charge < -0.3 is 36.3 Å². The maximum Gasteiger partial charge on any atom is 0.346 e. The predicted octanol–water partition coefficient (Wildman–Crippen LogP) is 18.3. The number of carbonyl (C=O) groups excluding carboxylic acids is 2. The SMILES string of the molecule is C.C.CC.CC.CC.CC#N.CC(=O)O.CCN.CCN.O=C1Cc2ccccc2C(=O)O1.O=c1[nH]c2c(c3ccccc13)Cc1ccccc1-2.O=c1[nH]c2c(c3ccccc13)Cc1ccccc1-2.O=c1[nH]c2c(c3ccccc13)Cc1ccccc1-2.[C-]#[N+]c1ccccc1CBr. The quantitative estimate of drug-likeness (QED) is 0.0390. The smallest absolute Gasteiger partial charge is 0.346 e. The van der Waals surface area contributed by atoms with Crippen LogP contribution < -0.4 is 28.1 Å². The number of hydrogen-bond donors (Lipinski definition) is 6. The summed E-state index contributed by atoms with van der Waals surface area (Å²) >= 11 is 3.31. The Hall–Kier alpha value is -10.6. The summed E-state index contributed by atoms with van der Waals surface area (Å²) in [5.74, 6) is -1.85. The number of H-pyrrole nitrogens is 3. The molecule has 8 aromatic carbocycles. The number of aromatic amines is 3. The molecule has 15 rings (SSSR count). The second-order valence-corrected chi connectivity index (χ2v) is 20.7. The van der Waals surface area contributed by atoms with Gasteiger partial charge in [0.25, 0.3) is 22.6 Å². The van der Waals surface area contributed by atoms with Crippen LogP contribution in [0.1, 0.15) is 139 Å². The number of nitrogens with one attached hydrogen (secondary N) is 3. The van der Waals surface area contributed by atoms with Gasteiger partial charge in [-0.2, -0.15) is 5.26 Å². The van der Waals surface area contributed by atoms with Gasteiger partial charge in [-0.05, 0) is 98.0 Å². The van der Waals surface area contributed by atoms with Crippen molar-refractivity contribution >= 4 is 71.8 Å². The molecule has 0 saturated heterocycles. The van der Waals surface area contributed by atoms with Gasteiger partial charge in [-0.25, -0.2) is 9.64 Å². The zero-order valence-corrected chi connectivity index (χ0v) is 57.2. The molecular formula is C81H92BrN7O8. The molecule has 0 radical (unpaired) electrons. The molecule has 0 atom stereocenters. The molecule has 0 fully saturated rings. The molecule has 0 saturated carbocycles. The first-order valence-corrected chi connectivity index (χ1v) is 32.7. The first-order chi connectivity index (χ1) is 46.2. The summed E-state index contributed by atoms with van der Waals surface area (Å²) in [6.07, 6.45) is 2.91. The number of carboxylic acids is 1. The van der Waals surface area contributed by atoms with Gasteiger partial charge in [-0.15, -0.1) is 0 Å². The molecule has 0 bridgehead atoms. The third-order valence-electron chi connectivity index (χ3n) is 14.1.